The second-order valence-corrected chi connectivity index (χ2v) is 4.41. The molecular weight excluding hydrogens is 216 g/mol. The molecule has 1 N–H and O–H groups in total. The van der Waals surface area contributed by atoms with Gasteiger partial charge in [-0.25, -0.2) is 4.79 Å². The number of thiophene rings is 1. The van der Waals surface area contributed by atoms with Gasteiger partial charge in [-0.15, -0.1) is 11.3 Å². The second kappa shape index (κ2) is 4.63. The molecule has 15 heavy (non-hydrogen) atoms. The monoisotopic (exact) mass is 228 g/mol. The molecule has 1 fully saturated rings. The average molecular weight is 228 g/mol. The van der Waals surface area contributed by atoms with E-state index in [1.807, 2.05) is 0 Å². The Morgan fingerprint density at radius 1 is 1.60 bits per heavy atom. The predicted octanol–water partition coefficient (Wildman–Crippen LogP) is 2.21. The standard InChI is InChI=1S/C10H12O4S/c11-10(12)9-8(3-4-15-9)14-6-13-5-7-1-2-7/h3-4,7H,1-2,5-6H2,(H,11,12). The molecule has 82 valence electrons. The van der Waals surface area contributed by atoms with E-state index in [1.54, 1.807) is 11.4 Å². The van der Waals surface area contributed by atoms with Crippen LogP contribution in [-0.2, 0) is 4.74 Å². The van der Waals surface area contributed by atoms with Crippen molar-refractivity contribution >= 4 is 17.3 Å². The van der Waals surface area contributed by atoms with Gasteiger partial charge in [0, 0.05) is 0 Å². The van der Waals surface area contributed by atoms with Gasteiger partial charge in [-0.05, 0) is 30.2 Å². The zero-order valence-electron chi connectivity index (χ0n) is 8.14. The molecule has 0 amide bonds. The van der Waals surface area contributed by atoms with Crippen LogP contribution in [0, 0.1) is 5.92 Å². The van der Waals surface area contributed by atoms with Crippen molar-refractivity contribution in [2.24, 2.45) is 5.92 Å². The van der Waals surface area contributed by atoms with Crippen LogP contribution < -0.4 is 4.74 Å². The number of carboxylic acids is 1. The molecule has 1 aliphatic rings. The van der Waals surface area contributed by atoms with E-state index < -0.39 is 5.97 Å². The van der Waals surface area contributed by atoms with Gasteiger partial charge >= 0.3 is 5.97 Å². The first-order chi connectivity index (χ1) is 7.27. The summed E-state index contributed by atoms with van der Waals surface area (Å²) in [7, 11) is 0. The zero-order chi connectivity index (χ0) is 10.7. The van der Waals surface area contributed by atoms with Gasteiger partial charge in [0.2, 0.25) is 0 Å². The highest BCUT2D eigenvalue weighted by atomic mass is 32.1. The molecule has 0 aromatic carbocycles. The van der Waals surface area contributed by atoms with Crippen molar-refractivity contribution < 1.29 is 19.4 Å². The van der Waals surface area contributed by atoms with E-state index in [9.17, 15) is 4.79 Å². The number of aromatic carboxylic acids is 1. The lowest BCUT2D eigenvalue weighted by molar-refractivity contribution is 0.00953. The minimum atomic E-state index is -0.956. The SMILES string of the molecule is O=C(O)c1sccc1OCOCC1CC1. The smallest absolute Gasteiger partial charge is 0.349 e. The highest BCUT2D eigenvalue weighted by Crippen LogP contribution is 2.29. The summed E-state index contributed by atoms with van der Waals surface area (Å²) in [6.45, 7) is 0.847. The maximum atomic E-state index is 10.7. The van der Waals surface area contributed by atoms with Gasteiger partial charge in [0.05, 0.1) is 6.61 Å². The third kappa shape index (κ3) is 2.94. The first-order valence-corrected chi connectivity index (χ1v) is 5.66. The fourth-order valence-electron chi connectivity index (χ4n) is 1.17. The minimum absolute atomic E-state index is 0.132. The molecule has 0 unspecified atom stereocenters. The summed E-state index contributed by atoms with van der Waals surface area (Å²) in [5.74, 6) is 0.125. The Balaban J connectivity index is 1.76. The van der Waals surface area contributed by atoms with Crippen LogP contribution in [0.4, 0.5) is 0 Å². The fraction of sp³-hybridized carbons (Fsp3) is 0.500. The number of ether oxygens (including phenoxy) is 2. The Morgan fingerprint density at radius 2 is 2.40 bits per heavy atom. The molecule has 5 heteroatoms. The third-order valence-electron chi connectivity index (χ3n) is 2.17. The zero-order valence-corrected chi connectivity index (χ0v) is 8.96. The normalized spacial score (nSPS) is 15.2. The van der Waals surface area contributed by atoms with Crippen molar-refractivity contribution in [3.8, 4) is 5.75 Å². The van der Waals surface area contributed by atoms with E-state index in [0.29, 0.717) is 18.3 Å². The molecule has 0 saturated heterocycles. The molecule has 4 nitrogen and oxygen atoms in total. The van der Waals surface area contributed by atoms with E-state index in [-0.39, 0.29) is 11.7 Å². The summed E-state index contributed by atoms with van der Waals surface area (Å²) < 4.78 is 10.5. The largest absolute Gasteiger partial charge is 0.477 e. The summed E-state index contributed by atoms with van der Waals surface area (Å²) in [6, 6.07) is 1.65. The van der Waals surface area contributed by atoms with E-state index in [0.717, 1.165) is 11.3 Å². The number of carbonyl (C=O) groups is 1. The van der Waals surface area contributed by atoms with Gasteiger partial charge in [-0.1, -0.05) is 0 Å². The van der Waals surface area contributed by atoms with Crippen LogP contribution in [0.5, 0.6) is 5.75 Å². The average Bonchev–Trinajstić information content (AvgIpc) is 2.90. The Hall–Kier alpha value is -1.07. The Labute approximate surface area is 91.4 Å². The van der Waals surface area contributed by atoms with Crippen molar-refractivity contribution in [2.45, 2.75) is 12.8 Å². The van der Waals surface area contributed by atoms with E-state index in [1.165, 1.54) is 12.8 Å². The molecule has 1 aliphatic carbocycles. The lowest BCUT2D eigenvalue weighted by Gasteiger charge is -2.05. The van der Waals surface area contributed by atoms with E-state index in [4.69, 9.17) is 14.6 Å². The summed E-state index contributed by atoms with van der Waals surface area (Å²) in [5, 5.41) is 10.5. The van der Waals surface area contributed by atoms with Crippen molar-refractivity contribution in [1.82, 2.24) is 0 Å². The number of rotatable bonds is 6. The molecule has 1 heterocycles. The second-order valence-electron chi connectivity index (χ2n) is 3.50. The van der Waals surface area contributed by atoms with Crippen molar-refractivity contribution in [3.63, 3.8) is 0 Å². The highest BCUT2D eigenvalue weighted by molar-refractivity contribution is 7.12. The Morgan fingerprint density at radius 3 is 3.07 bits per heavy atom. The molecule has 0 aliphatic heterocycles. The molecular formula is C10H12O4S. The highest BCUT2D eigenvalue weighted by Gasteiger charge is 2.21. The van der Waals surface area contributed by atoms with Crippen LogP contribution in [-0.4, -0.2) is 24.5 Å². The van der Waals surface area contributed by atoms with Crippen LogP contribution in [0.2, 0.25) is 0 Å². The van der Waals surface area contributed by atoms with Gasteiger partial charge < -0.3 is 14.6 Å². The number of hydrogen-bond donors (Lipinski definition) is 1. The first-order valence-electron chi connectivity index (χ1n) is 4.78. The Kier molecular flexibility index (Phi) is 3.23. The number of carboxylic acid groups (broad SMARTS) is 1. The summed E-state index contributed by atoms with van der Waals surface area (Å²) >= 11 is 1.15. The molecule has 2 rings (SSSR count). The van der Waals surface area contributed by atoms with E-state index in [2.05, 4.69) is 0 Å². The molecule has 0 atom stereocenters. The maximum Gasteiger partial charge on any atom is 0.349 e. The van der Waals surface area contributed by atoms with Gasteiger partial charge in [-0.2, -0.15) is 0 Å². The molecule has 0 spiro atoms. The van der Waals surface area contributed by atoms with Gasteiger partial charge in [-0.3, -0.25) is 0 Å². The minimum Gasteiger partial charge on any atom is -0.477 e. The topological polar surface area (TPSA) is 55.8 Å². The lowest BCUT2D eigenvalue weighted by atomic mass is 10.4. The fourth-order valence-corrected chi connectivity index (χ4v) is 1.84. The first kappa shape index (κ1) is 10.4. The van der Waals surface area contributed by atoms with Gasteiger partial charge in [0.1, 0.15) is 5.75 Å². The third-order valence-corrected chi connectivity index (χ3v) is 3.06. The van der Waals surface area contributed by atoms with Gasteiger partial charge in [0.15, 0.2) is 11.7 Å². The maximum absolute atomic E-state index is 10.7. The van der Waals surface area contributed by atoms with Crippen LogP contribution in [0.25, 0.3) is 0 Å². The molecule has 0 radical (unpaired) electrons. The van der Waals surface area contributed by atoms with Crippen LogP contribution in [0.1, 0.15) is 22.5 Å². The number of hydrogen-bond acceptors (Lipinski definition) is 4. The van der Waals surface area contributed by atoms with Crippen molar-refractivity contribution in [3.05, 3.63) is 16.3 Å². The summed E-state index contributed by atoms with van der Waals surface area (Å²) in [4.78, 5) is 11.0. The van der Waals surface area contributed by atoms with Crippen molar-refractivity contribution in [1.29, 1.82) is 0 Å². The summed E-state index contributed by atoms with van der Waals surface area (Å²) in [5.41, 5.74) is 0. The van der Waals surface area contributed by atoms with Crippen LogP contribution in [0.15, 0.2) is 11.4 Å². The molecule has 1 saturated carbocycles. The lowest BCUT2D eigenvalue weighted by Crippen LogP contribution is -2.06. The quantitative estimate of drug-likeness (QED) is 0.599. The van der Waals surface area contributed by atoms with E-state index >= 15 is 0 Å². The van der Waals surface area contributed by atoms with Crippen LogP contribution in [0.3, 0.4) is 0 Å². The molecule has 1 aromatic heterocycles. The Bertz CT molecular complexity index is 343. The summed E-state index contributed by atoms with van der Waals surface area (Å²) in [6.07, 6.45) is 2.47. The molecule has 0 bridgehead atoms. The van der Waals surface area contributed by atoms with Crippen molar-refractivity contribution in [2.75, 3.05) is 13.4 Å². The molecule has 1 aromatic rings. The van der Waals surface area contributed by atoms with Gasteiger partial charge in [0.25, 0.3) is 0 Å². The van der Waals surface area contributed by atoms with Crippen LogP contribution >= 0.6 is 11.3 Å². The predicted molar refractivity (Wildman–Crippen MR) is 55.4 cm³/mol.